The fourth-order valence-corrected chi connectivity index (χ4v) is 1.70. The molecular formula is C10H10BrN3O. The van der Waals surface area contributed by atoms with E-state index in [4.69, 9.17) is 5.73 Å². The minimum absolute atomic E-state index is 0.196. The second kappa shape index (κ2) is 4.04. The van der Waals surface area contributed by atoms with Crippen molar-refractivity contribution >= 4 is 15.9 Å². The topological polar surface area (TPSA) is 64.1 Å². The van der Waals surface area contributed by atoms with E-state index in [1.54, 1.807) is 23.0 Å². The Morgan fingerprint density at radius 2 is 2.27 bits per heavy atom. The van der Waals surface area contributed by atoms with E-state index in [1.165, 1.54) is 0 Å². The molecule has 0 radical (unpaired) electrons. The van der Waals surface area contributed by atoms with Gasteiger partial charge >= 0.3 is 0 Å². The van der Waals surface area contributed by atoms with Crippen molar-refractivity contribution < 1.29 is 5.11 Å². The zero-order valence-electron chi connectivity index (χ0n) is 7.89. The maximum atomic E-state index is 9.63. The molecule has 0 aliphatic carbocycles. The van der Waals surface area contributed by atoms with E-state index in [2.05, 4.69) is 21.0 Å². The summed E-state index contributed by atoms with van der Waals surface area (Å²) in [6.45, 7) is 0.277. The minimum atomic E-state index is 0.196. The van der Waals surface area contributed by atoms with E-state index in [1.807, 2.05) is 12.3 Å². The largest absolute Gasteiger partial charge is 0.508 e. The van der Waals surface area contributed by atoms with E-state index < -0.39 is 0 Å². The van der Waals surface area contributed by atoms with Crippen LogP contribution in [-0.4, -0.2) is 14.9 Å². The number of aromatic nitrogens is 2. The van der Waals surface area contributed by atoms with Crippen LogP contribution in [0.25, 0.3) is 5.69 Å². The summed E-state index contributed by atoms with van der Waals surface area (Å²) in [5, 5.41) is 13.8. The third-order valence-corrected chi connectivity index (χ3v) is 2.54. The number of phenols is 1. The maximum absolute atomic E-state index is 9.63. The second-order valence-electron chi connectivity index (χ2n) is 3.08. The SMILES string of the molecule is NCc1c(O)cccc1-n1cc(Br)cn1. The summed E-state index contributed by atoms with van der Waals surface area (Å²) >= 11 is 3.32. The number of nitrogens with zero attached hydrogens (tertiary/aromatic N) is 2. The molecule has 5 heteroatoms. The first-order valence-electron chi connectivity index (χ1n) is 4.44. The molecule has 2 aromatic rings. The summed E-state index contributed by atoms with van der Waals surface area (Å²) in [5.41, 5.74) is 7.07. The predicted molar refractivity (Wildman–Crippen MR) is 60.8 cm³/mol. The molecule has 2 rings (SSSR count). The average Bonchev–Trinajstić information content (AvgIpc) is 2.64. The van der Waals surface area contributed by atoms with Gasteiger partial charge in [-0.05, 0) is 28.1 Å². The smallest absolute Gasteiger partial charge is 0.122 e. The van der Waals surface area contributed by atoms with E-state index in [9.17, 15) is 5.11 Å². The van der Waals surface area contributed by atoms with Crippen molar-refractivity contribution in [2.45, 2.75) is 6.54 Å². The average molecular weight is 268 g/mol. The number of hydrogen-bond donors (Lipinski definition) is 2. The summed E-state index contributed by atoms with van der Waals surface area (Å²) in [6, 6.07) is 5.24. The molecule has 0 fully saturated rings. The highest BCUT2D eigenvalue weighted by Crippen LogP contribution is 2.24. The molecule has 0 saturated carbocycles. The van der Waals surface area contributed by atoms with Crippen molar-refractivity contribution in [1.82, 2.24) is 9.78 Å². The van der Waals surface area contributed by atoms with Crippen LogP contribution in [0.15, 0.2) is 35.1 Å². The predicted octanol–water partition coefficient (Wildman–Crippen LogP) is 1.80. The van der Waals surface area contributed by atoms with Crippen LogP contribution < -0.4 is 5.73 Å². The molecule has 15 heavy (non-hydrogen) atoms. The first-order valence-corrected chi connectivity index (χ1v) is 5.23. The first-order chi connectivity index (χ1) is 7.22. The highest BCUT2D eigenvalue weighted by atomic mass is 79.9. The van der Waals surface area contributed by atoms with Crippen molar-refractivity contribution in [3.63, 3.8) is 0 Å². The highest BCUT2D eigenvalue weighted by molar-refractivity contribution is 9.10. The van der Waals surface area contributed by atoms with Gasteiger partial charge in [-0.25, -0.2) is 4.68 Å². The number of aromatic hydroxyl groups is 1. The van der Waals surface area contributed by atoms with E-state index in [0.717, 1.165) is 10.2 Å². The third kappa shape index (κ3) is 1.88. The van der Waals surface area contributed by atoms with Crippen LogP contribution in [0.2, 0.25) is 0 Å². The zero-order valence-corrected chi connectivity index (χ0v) is 9.48. The molecule has 0 bridgehead atoms. The highest BCUT2D eigenvalue weighted by Gasteiger charge is 2.08. The summed E-state index contributed by atoms with van der Waals surface area (Å²) in [4.78, 5) is 0. The summed E-state index contributed by atoms with van der Waals surface area (Å²) < 4.78 is 2.56. The van der Waals surface area contributed by atoms with Crippen molar-refractivity contribution in [3.8, 4) is 11.4 Å². The van der Waals surface area contributed by atoms with Gasteiger partial charge in [-0.3, -0.25) is 0 Å². The molecule has 0 aliphatic rings. The van der Waals surface area contributed by atoms with Crippen molar-refractivity contribution in [2.24, 2.45) is 5.73 Å². The van der Waals surface area contributed by atoms with Gasteiger partial charge in [-0.15, -0.1) is 0 Å². The second-order valence-corrected chi connectivity index (χ2v) is 4.00. The van der Waals surface area contributed by atoms with Gasteiger partial charge in [0.2, 0.25) is 0 Å². The minimum Gasteiger partial charge on any atom is -0.508 e. The Labute approximate surface area is 95.5 Å². The normalized spacial score (nSPS) is 10.5. The number of rotatable bonds is 2. The standard InChI is InChI=1S/C10H10BrN3O/c11-7-5-13-14(6-7)9-2-1-3-10(15)8(9)4-12/h1-3,5-6,15H,4,12H2. The van der Waals surface area contributed by atoms with Crippen molar-refractivity contribution in [3.05, 3.63) is 40.6 Å². The molecule has 1 aromatic carbocycles. The quantitative estimate of drug-likeness (QED) is 0.872. The Hall–Kier alpha value is -1.33. The van der Waals surface area contributed by atoms with Gasteiger partial charge in [0.05, 0.1) is 16.4 Å². The molecule has 0 saturated heterocycles. The van der Waals surface area contributed by atoms with Crippen LogP contribution in [0.4, 0.5) is 0 Å². The van der Waals surface area contributed by atoms with Crippen LogP contribution in [0.1, 0.15) is 5.56 Å². The summed E-state index contributed by atoms with van der Waals surface area (Å²) in [6.07, 6.45) is 3.50. The lowest BCUT2D eigenvalue weighted by Gasteiger charge is -2.08. The molecule has 1 heterocycles. The molecule has 0 aliphatic heterocycles. The number of nitrogens with two attached hydrogens (primary N) is 1. The first kappa shape index (κ1) is 10.2. The van der Waals surface area contributed by atoms with E-state index in [-0.39, 0.29) is 12.3 Å². The zero-order chi connectivity index (χ0) is 10.8. The number of halogens is 1. The van der Waals surface area contributed by atoms with Gasteiger partial charge in [0.15, 0.2) is 0 Å². The molecule has 1 aromatic heterocycles. The van der Waals surface area contributed by atoms with Crippen molar-refractivity contribution in [2.75, 3.05) is 0 Å². The Morgan fingerprint density at radius 3 is 2.87 bits per heavy atom. The Bertz CT molecular complexity index is 481. The summed E-state index contributed by atoms with van der Waals surface area (Å²) in [7, 11) is 0. The lowest BCUT2D eigenvalue weighted by atomic mass is 10.1. The molecule has 0 unspecified atom stereocenters. The fraction of sp³-hybridized carbons (Fsp3) is 0.100. The lowest BCUT2D eigenvalue weighted by molar-refractivity contribution is 0.467. The molecule has 3 N–H and O–H groups in total. The molecular weight excluding hydrogens is 258 g/mol. The van der Waals surface area contributed by atoms with E-state index >= 15 is 0 Å². The van der Waals surface area contributed by atoms with Crippen LogP contribution in [0.3, 0.4) is 0 Å². The molecule has 0 amide bonds. The number of benzene rings is 1. The maximum Gasteiger partial charge on any atom is 0.122 e. The van der Waals surface area contributed by atoms with Crippen LogP contribution >= 0.6 is 15.9 Å². The van der Waals surface area contributed by atoms with Gasteiger partial charge < -0.3 is 10.8 Å². The monoisotopic (exact) mass is 267 g/mol. The van der Waals surface area contributed by atoms with Gasteiger partial charge in [0, 0.05) is 18.3 Å². The summed E-state index contributed by atoms with van der Waals surface area (Å²) in [5.74, 6) is 0.196. The molecule has 0 spiro atoms. The molecule has 4 nitrogen and oxygen atoms in total. The Morgan fingerprint density at radius 1 is 1.47 bits per heavy atom. The number of phenolic OH excluding ortho intramolecular Hbond substituents is 1. The fourth-order valence-electron chi connectivity index (χ4n) is 1.42. The Kier molecular flexibility index (Phi) is 2.75. The Balaban J connectivity index is 2.57. The molecule has 0 atom stereocenters. The van der Waals surface area contributed by atoms with Crippen LogP contribution in [0.5, 0.6) is 5.75 Å². The third-order valence-electron chi connectivity index (χ3n) is 2.13. The van der Waals surface area contributed by atoms with Gasteiger partial charge in [0.1, 0.15) is 5.75 Å². The van der Waals surface area contributed by atoms with Crippen molar-refractivity contribution in [1.29, 1.82) is 0 Å². The molecule has 78 valence electrons. The lowest BCUT2D eigenvalue weighted by Crippen LogP contribution is -2.05. The van der Waals surface area contributed by atoms with Crippen LogP contribution in [-0.2, 0) is 6.54 Å². The van der Waals surface area contributed by atoms with Gasteiger partial charge in [-0.2, -0.15) is 5.10 Å². The number of hydrogen-bond acceptors (Lipinski definition) is 3. The van der Waals surface area contributed by atoms with E-state index in [0.29, 0.717) is 5.56 Å². The van der Waals surface area contributed by atoms with Crippen LogP contribution in [0, 0.1) is 0 Å². The van der Waals surface area contributed by atoms with Gasteiger partial charge in [-0.1, -0.05) is 6.07 Å². The van der Waals surface area contributed by atoms with Gasteiger partial charge in [0.25, 0.3) is 0 Å².